The van der Waals surface area contributed by atoms with E-state index in [4.69, 9.17) is 16.2 Å². The highest BCUT2D eigenvalue weighted by Crippen LogP contribution is 2.19. The van der Waals surface area contributed by atoms with Gasteiger partial charge in [0, 0.05) is 0 Å². The van der Waals surface area contributed by atoms with E-state index in [1.54, 1.807) is 6.92 Å². The normalized spacial score (nSPS) is 9.94. The summed E-state index contributed by atoms with van der Waals surface area (Å²) in [6.07, 6.45) is 1.34. The number of hydrogen-bond acceptors (Lipinski definition) is 6. The number of thioether (sulfide) groups is 1. The first-order valence-corrected chi connectivity index (χ1v) is 5.87. The predicted molar refractivity (Wildman–Crippen MR) is 64.5 cm³/mol. The molecular formula is C10H13N3O3S. The molecule has 1 aromatic rings. The van der Waals surface area contributed by atoms with Crippen molar-refractivity contribution < 1.29 is 14.3 Å². The van der Waals surface area contributed by atoms with Gasteiger partial charge >= 0.3 is 5.97 Å². The lowest BCUT2D eigenvalue weighted by atomic mass is 10.2. The maximum Gasteiger partial charge on any atom is 0.316 e. The van der Waals surface area contributed by atoms with Gasteiger partial charge in [-0.1, -0.05) is 11.8 Å². The molecule has 0 aliphatic heterocycles. The van der Waals surface area contributed by atoms with Crippen LogP contribution >= 0.6 is 11.8 Å². The second kappa shape index (κ2) is 6.09. The number of primary amides is 1. The van der Waals surface area contributed by atoms with E-state index in [1.165, 1.54) is 12.3 Å². The Morgan fingerprint density at radius 2 is 2.24 bits per heavy atom. The van der Waals surface area contributed by atoms with Crippen LogP contribution in [0.15, 0.2) is 17.3 Å². The summed E-state index contributed by atoms with van der Waals surface area (Å²) in [6.45, 7) is 2.07. The summed E-state index contributed by atoms with van der Waals surface area (Å²) in [7, 11) is 0. The molecule has 0 atom stereocenters. The number of hydrogen-bond donors (Lipinski definition) is 2. The molecule has 4 N–H and O–H groups in total. The minimum absolute atomic E-state index is 0.128. The number of amides is 1. The topological polar surface area (TPSA) is 108 Å². The molecule has 0 spiro atoms. The molecule has 0 unspecified atom stereocenters. The van der Waals surface area contributed by atoms with Crippen LogP contribution in [0.5, 0.6) is 0 Å². The van der Waals surface area contributed by atoms with Gasteiger partial charge in [0.1, 0.15) is 0 Å². The first-order valence-electron chi connectivity index (χ1n) is 4.88. The number of ether oxygens (including phenoxy) is 1. The fourth-order valence-electron chi connectivity index (χ4n) is 1.07. The van der Waals surface area contributed by atoms with Gasteiger partial charge in [0.15, 0.2) is 0 Å². The third-order valence-corrected chi connectivity index (χ3v) is 2.72. The Balaban J connectivity index is 2.69. The van der Waals surface area contributed by atoms with Crippen LogP contribution in [-0.2, 0) is 9.53 Å². The predicted octanol–water partition coefficient (Wildman–Crippen LogP) is 0.418. The van der Waals surface area contributed by atoms with E-state index in [0.29, 0.717) is 11.6 Å². The van der Waals surface area contributed by atoms with Crippen molar-refractivity contribution in [3.8, 4) is 0 Å². The molecule has 1 heterocycles. The van der Waals surface area contributed by atoms with Crippen molar-refractivity contribution in [2.75, 3.05) is 18.1 Å². The molecule has 1 aromatic heterocycles. The molecule has 1 amide bonds. The molecule has 0 aromatic carbocycles. The van der Waals surface area contributed by atoms with Crippen LogP contribution in [0.2, 0.25) is 0 Å². The fourth-order valence-corrected chi connectivity index (χ4v) is 1.75. The summed E-state index contributed by atoms with van der Waals surface area (Å²) in [6, 6.07) is 1.46. The average molecular weight is 255 g/mol. The molecule has 0 fully saturated rings. The highest BCUT2D eigenvalue weighted by molar-refractivity contribution is 7.99. The van der Waals surface area contributed by atoms with Crippen molar-refractivity contribution in [3.05, 3.63) is 17.8 Å². The Morgan fingerprint density at radius 1 is 1.53 bits per heavy atom. The first-order chi connectivity index (χ1) is 8.04. The van der Waals surface area contributed by atoms with E-state index in [2.05, 4.69) is 4.98 Å². The van der Waals surface area contributed by atoms with Gasteiger partial charge in [-0.25, -0.2) is 4.98 Å². The molecule has 92 valence electrons. The van der Waals surface area contributed by atoms with Crippen molar-refractivity contribution in [1.29, 1.82) is 0 Å². The van der Waals surface area contributed by atoms with Crippen LogP contribution in [-0.4, -0.2) is 29.2 Å². The maximum absolute atomic E-state index is 11.1. The highest BCUT2D eigenvalue weighted by atomic mass is 32.2. The lowest BCUT2D eigenvalue weighted by molar-refractivity contribution is -0.139. The number of nitrogen functional groups attached to an aromatic ring is 1. The Kier molecular flexibility index (Phi) is 4.77. The van der Waals surface area contributed by atoms with Gasteiger partial charge in [-0.15, -0.1) is 0 Å². The Hall–Kier alpha value is -1.76. The second-order valence-electron chi connectivity index (χ2n) is 3.07. The zero-order valence-corrected chi connectivity index (χ0v) is 10.1. The zero-order valence-electron chi connectivity index (χ0n) is 9.30. The summed E-state index contributed by atoms with van der Waals surface area (Å²) in [5.74, 6) is -0.831. The van der Waals surface area contributed by atoms with E-state index in [9.17, 15) is 9.59 Å². The number of carbonyl (C=O) groups is 2. The molecule has 0 aliphatic rings. The SMILES string of the molecule is CCOC(=O)CSc1cc(C(N)=O)c(N)cn1. The van der Waals surface area contributed by atoms with Gasteiger partial charge in [0.2, 0.25) is 0 Å². The Labute approximate surface area is 103 Å². The van der Waals surface area contributed by atoms with E-state index in [1.807, 2.05) is 0 Å². The molecular weight excluding hydrogens is 242 g/mol. The Bertz CT molecular complexity index is 437. The van der Waals surface area contributed by atoms with Crippen molar-refractivity contribution in [3.63, 3.8) is 0 Å². The number of carbonyl (C=O) groups excluding carboxylic acids is 2. The molecule has 1 rings (SSSR count). The number of aromatic nitrogens is 1. The minimum Gasteiger partial charge on any atom is -0.465 e. The van der Waals surface area contributed by atoms with Gasteiger partial charge in [-0.3, -0.25) is 9.59 Å². The molecule has 0 saturated heterocycles. The summed E-state index contributed by atoms with van der Waals surface area (Å²) in [5, 5.41) is 0.501. The highest BCUT2D eigenvalue weighted by Gasteiger charge is 2.10. The lowest BCUT2D eigenvalue weighted by Crippen LogP contribution is -2.14. The largest absolute Gasteiger partial charge is 0.465 e. The average Bonchev–Trinajstić information content (AvgIpc) is 2.28. The van der Waals surface area contributed by atoms with Crippen molar-refractivity contribution >= 4 is 29.3 Å². The van der Waals surface area contributed by atoms with Crippen molar-refractivity contribution in [1.82, 2.24) is 4.98 Å². The van der Waals surface area contributed by atoms with Crippen LogP contribution in [0, 0.1) is 0 Å². The third-order valence-electron chi connectivity index (χ3n) is 1.82. The van der Waals surface area contributed by atoms with Crippen LogP contribution in [0.1, 0.15) is 17.3 Å². The van der Waals surface area contributed by atoms with Crippen molar-refractivity contribution in [2.45, 2.75) is 11.9 Å². The number of esters is 1. The summed E-state index contributed by atoms with van der Waals surface area (Å²) in [4.78, 5) is 26.1. The van der Waals surface area contributed by atoms with E-state index < -0.39 is 5.91 Å². The van der Waals surface area contributed by atoms with Crippen molar-refractivity contribution in [2.24, 2.45) is 5.73 Å². The van der Waals surface area contributed by atoms with E-state index >= 15 is 0 Å². The van der Waals surface area contributed by atoms with Gasteiger partial charge in [-0.05, 0) is 13.0 Å². The quantitative estimate of drug-likeness (QED) is 0.583. The molecule has 6 nitrogen and oxygen atoms in total. The smallest absolute Gasteiger partial charge is 0.316 e. The molecule has 17 heavy (non-hydrogen) atoms. The summed E-state index contributed by atoms with van der Waals surface area (Å²) < 4.78 is 4.76. The van der Waals surface area contributed by atoms with Crippen LogP contribution in [0.25, 0.3) is 0 Å². The maximum atomic E-state index is 11.1. The van der Waals surface area contributed by atoms with E-state index in [-0.39, 0.29) is 23.0 Å². The van der Waals surface area contributed by atoms with Crippen LogP contribution < -0.4 is 11.5 Å². The third kappa shape index (κ3) is 3.95. The zero-order chi connectivity index (χ0) is 12.8. The summed E-state index contributed by atoms with van der Waals surface area (Å²) in [5.41, 5.74) is 11.1. The second-order valence-corrected chi connectivity index (χ2v) is 4.06. The van der Waals surface area contributed by atoms with Gasteiger partial charge < -0.3 is 16.2 Å². The van der Waals surface area contributed by atoms with Crippen LogP contribution in [0.4, 0.5) is 5.69 Å². The fraction of sp³-hybridized carbons (Fsp3) is 0.300. The molecule has 0 bridgehead atoms. The van der Waals surface area contributed by atoms with Crippen LogP contribution in [0.3, 0.4) is 0 Å². The molecule has 0 saturated carbocycles. The number of anilines is 1. The number of nitrogens with zero attached hydrogens (tertiary/aromatic N) is 1. The van der Waals surface area contributed by atoms with Gasteiger partial charge in [0.05, 0.1) is 34.8 Å². The Morgan fingerprint density at radius 3 is 2.82 bits per heavy atom. The minimum atomic E-state index is -0.622. The standard InChI is InChI=1S/C10H13N3O3S/c1-2-16-9(14)5-17-8-3-6(10(12)15)7(11)4-13-8/h3-4H,2,5,11H2,1H3,(H2,12,15). The lowest BCUT2D eigenvalue weighted by Gasteiger charge is -2.04. The number of nitrogens with two attached hydrogens (primary N) is 2. The summed E-state index contributed by atoms with van der Waals surface area (Å²) >= 11 is 1.16. The first kappa shape index (κ1) is 13.3. The monoisotopic (exact) mass is 255 g/mol. The number of rotatable bonds is 5. The van der Waals surface area contributed by atoms with Gasteiger partial charge in [0.25, 0.3) is 5.91 Å². The van der Waals surface area contributed by atoms with E-state index in [0.717, 1.165) is 11.8 Å². The number of pyridine rings is 1. The molecule has 0 radical (unpaired) electrons. The molecule has 0 aliphatic carbocycles. The molecule has 7 heteroatoms. The van der Waals surface area contributed by atoms with Gasteiger partial charge in [-0.2, -0.15) is 0 Å².